The van der Waals surface area contributed by atoms with Crippen LogP contribution in [0.5, 0.6) is 5.75 Å². The van der Waals surface area contributed by atoms with Gasteiger partial charge in [0.15, 0.2) is 0 Å². The number of aryl methyl sites for hydroxylation is 2. The molecule has 3 aromatic rings. The molecule has 150 valence electrons. The summed E-state index contributed by atoms with van der Waals surface area (Å²) in [4.78, 5) is 12.0. The van der Waals surface area contributed by atoms with Crippen molar-refractivity contribution in [1.82, 2.24) is 9.88 Å². The number of nitrogens with one attached hydrogen (secondary N) is 2. The van der Waals surface area contributed by atoms with E-state index in [2.05, 4.69) is 28.2 Å². The second kappa shape index (κ2) is 8.70. The molecular weight excluding hydrogens is 364 g/mol. The maximum Gasteiger partial charge on any atom is 0.319 e. The molecule has 6 nitrogen and oxygen atoms in total. The summed E-state index contributed by atoms with van der Waals surface area (Å²) in [6.07, 6.45) is 0.884. The minimum Gasteiger partial charge on any atom is -0.497 e. The predicted octanol–water partition coefficient (Wildman–Crippen LogP) is 5.05. The predicted molar refractivity (Wildman–Crippen MR) is 116 cm³/mol. The summed E-state index contributed by atoms with van der Waals surface area (Å²) in [5.41, 5.74) is 5.12. The zero-order valence-corrected chi connectivity index (χ0v) is 17.3. The molecule has 29 heavy (non-hydrogen) atoms. The molecule has 2 aromatic carbocycles. The Morgan fingerprint density at radius 1 is 1.21 bits per heavy atom. The van der Waals surface area contributed by atoms with E-state index in [1.807, 2.05) is 50.2 Å². The van der Waals surface area contributed by atoms with Crippen LogP contribution in [0.2, 0.25) is 0 Å². The van der Waals surface area contributed by atoms with Crippen molar-refractivity contribution in [2.24, 2.45) is 0 Å². The summed E-state index contributed by atoms with van der Waals surface area (Å²) in [5, 5.41) is 16.5. The van der Waals surface area contributed by atoms with Crippen molar-refractivity contribution in [3.63, 3.8) is 0 Å². The number of hydrogen-bond donors (Lipinski definition) is 2. The van der Waals surface area contributed by atoms with Crippen LogP contribution in [0.4, 0.5) is 10.5 Å². The van der Waals surface area contributed by atoms with Crippen molar-refractivity contribution in [3.05, 3.63) is 47.5 Å². The number of carbonyl (C=O) groups excluding carboxylic acids is 1. The lowest BCUT2D eigenvalue weighted by molar-refractivity contribution is 0.252. The van der Waals surface area contributed by atoms with Gasteiger partial charge in [-0.15, -0.1) is 0 Å². The summed E-state index contributed by atoms with van der Waals surface area (Å²) in [5.74, 6) is 0.759. The number of methoxy groups -OCH3 is 1. The fourth-order valence-corrected chi connectivity index (χ4v) is 3.55. The number of urea groups is 1. The molecule has 2 amide bonds. The van der Waals surface area contributed by atoms with Crippen molar-refractivity contribution < 1.29 is 9.53 Å². The molecule has 0 aliphatic rings. The van der Waals surface area contributed by atoms with Crippen molar-refractivity contribution in [2.45, 2.75) is 33.7 Å². The Morgan fingerprint density at radius 2 is 2.00 bits per heavy atom. The maximum atomic E-state index is 12.0. The van der Waals surface area contributed by atoms with Gasteiger partial charge in [0.05, 0.1) is 23.9 Å². The summed E-state index contributed by atoms with van der Waals surface area (Å²) in [6.45, 7) is 7.38. The number of amides is 2. The van der Waals surface area contributed by atoms with Gasteiger partial charge in [0.25, 0.3) is 0 Å². The maximum absolute atomic E-state index is 12.0. The van der Waals surface area contributed by atoms with Gasteiger partial charge in [-0.05, 0) is 55.7 Å². The van der Waals surface area contributed by atoms with E-state index in [9.17, 15) is 10.1 Å². The van der Waals surface area contributed by atoms with Gasteiger partial charge in [-0.1, -0.05) is 13.0 Å². The first-order chi connectivity index (χ1) is 14.0. The van der Waals surface area contributed by atoms with E-state index in [1.165, 1.54) is 0 Å². The first-order valence-electron chi connectivity index (χ1n) is 9.80. The standard InChI is InChI=1S/C23H26N4O2/c1-5-11-25-23(28)26-20-10-7-16(12-15(20)3)22-19(14-24)18-9-8-17(29-4)13-21(18)27(22)6-2/h7-10,12-13H,5-6,11H2,1-4H3,(H2,25,26,28). The zero-order valence-electron chi connectivity index (χ0n) is 17.3. The highest BCUT2D eigenvalue weighted by Gasteiger charge is 2.19. The molecule has 0 bridgehead atoms. The second-order valence-electron chi connectivity index (χ2n) is 6.87. The molecule has 2 N–H and O–H groups in total. The molecule has 0 aliphatic carbocycles. The van der Waals surface area contributed by atoms with Crippen LogP contribution in [0.3, 0.4) is 0 Å². The Bertz CT molecular complexity index is 1090. The summed E-state index contributed by atoms with van der Waals surface area (Å²) >= 11 is 0. The molecule has 0 fully saturated rings. The lowest BCUT2D eigenvalue weighted by atomic mass is 10.0. The third-order valence-corrected chi connectivity index (χ3v) is 4.98. The molecule has 1 heterocycles. The number of aromatic nitrogens is 1. The van der Waals surface area contributed by atoms with Crippen molar-refractivity contribution in [2.75, 3.05) is 19.0 Å². The van der Waals surface area contributed by atoms with Gasteiger partial charge in [-0.25, -0.2) is 4.79 Å². The normalized spacial score (nSPS) is 10.6. The van der Waals surface area contributed by atoms with Crippen LogP contribution in [0.15, 0.2) is 36.4 Å². The minimum absolute atomic E-state index is 0.213. The van der Waals surface area contributed by atoms with Crippen LogP contribution in [0.1, 0.15) is 31.4 Å². The molecule has 1 aromatic heterocycles. The number of rotatable bonds is 6. The van der Waals surface area contributed by atoms with E-state index in [1.54, 1.807) is 7.11 Å². The second-order valence-corrected chi connectivity index (χ2v) is 6.87. The lowest BCUT2D eigenvalue weighted by Crippen LogP contribution is -2.29. The van der Waals surface area contributed by atoms with Crippen molar-refractivity contribution in [1.29, 1.82) is 5.26 Å². The van der Waals surface area contributed by atoms with Gasteiger partial charge >= 0.3 is 6.03 Å². The molecule has 0 unspecified atom stereocenters. The van der Waals surface area contributed by atoms with Crippen molar-refractivity contribution >= 4 is 22.6 Å². The van der Waals surface area contributed by atoms with Crippen LogP contribution in [-0.2, 0) is 6.54 Å². The summed E-state index contributed by atoms with van der Waals surface area (Å²) in [7, 11) is 1.64. The largest absolute Gasteiger partial charge is 0.497 e. The van der Waals surface area contributed by atoms with Crippen LogP contribution >= 0.6 is 0 Å². The molecule has 0 spiro atoms. The quantitative estimate of drug-likeness (QED) is 0.618. The molecule has 0 atom stereocenters. The molecule has 6 heteroatoms. The smallest absolute Gasteiger partial charge is 0.319 e. The molecule has 0 saturated heterocycles. The van der Waals surface area contributed by atoms with E-state index >= 15 is 0 Å². The average molecular weight is 390 g/mol. The van der Waals surface area contributed by atoms with E-state index in [0.29, 0.717) is 12.1 Å². The van der Waals surface area contributed by atoms with Crippen LogP contribution in [0, 0.1) is 18.3 Å². The average Bonchev–Trinajstić information content (AvgIpc) is 3.06. The fraction of sp³-hybridized carbons (Fsp3) is 0.304. The number of nitriles is 1. The van der Waals surface area contributed by atoms with Gasteiger partial charge in [0.2, 0.25) is 0 Å². The topological polar surface area (TPSA) is 79.1 Å². The van der Waals surface area contributed by atoms with Crippen LogP contribution < -0.4 is 15.4 Å². The highest BCUT2D eigenvalue weighted by Crippen LogP contribution is 2.36. The van der Waals surface area contributed by atoms with Gasteiger partial charge in [-0.2, -0.15) is 5.26 Å². The SMILES string of the molecule is CCCNC(=O)Nc1ccc(-c2c(C#N)c3ccc(OC)cc3n2CC)cc1C. The number of fused-ring (bicyclic) bond motifs is 1. The van der Waals surface area contributed by atoms with Crippen LogP contribution in [-0.4, -0.2) is 24.3 Å². The number of hydrogen-bond acceptors (Lipinski definition) is 3. The lowest BCUT2D eigenvalue weighted by Gasteiger charge is -2.13. The highest BCUT2D eigenvalue weighted by molar-refractivity contribution is 5.96. The monoisotopic (exact) mass is 390 g/mol. The first kappa shape index (κ1) is 20.3. The number of anilines is 1. The Morgan fingerprint density at radius 3 is 2.62 bits per heavy atom. The molecule has 0 aliphatic heterocycles. The summed E-state index contributed by atoms with van der Waals surface area (Å²) < 4.78 is 7.50. The van der Waals surface area contributed by atoms with E-state index in [0.717, 1.165) is 52.1 Å². The molecular formula is C23H26N4O2. The number of benzene rings is 2. The van der Waals surface area contributed by atoms with E-state index in [4.69, 9.17) is 4.74 Å². The molecule has 0 saturated carbocycles. The number of carbonyl (C=O) groups is 1. The molecule has 0 radical (unpaired) electrons. The Balaban J connectivity index is 2.07. The summed E-state index contributed by atoms with van der Waals surface area (Å²) in [6, 6.07) is 13.8. The van der Waals surface area contributed by atoms with E-state index in [-0.39, 0.29) is 6.03 Å². The zero-order chi connectivity index (χ0) is 21.0. The van der Waals surface area contributed by atoms with Gasteiger partial charge < -0.3 is 19.9 Å². The third-order valence-electron chi connectivity index (χ3n) is 4.98. The molecule has 3 rings (SSSR count). The van der Waals surface area contributed by atoms with E-state index < -0.39 is 0 Å². The first-order valence-corrected chi connectivity index (χ1v) is 9.80. The highest BCUT2D eigenvalue weighted by atomic mass is 16.5. The Kier molecular flexibility index (Phi) is 6.08. The van der Waals surface area contributed by atoms with Crippen LogP contribution in [0.25, 0.3) is 22.2 Å². The van der Waals surface area contributed by atoms with Gasteiger partial charge in [0, 0.05) is 30.2 Å². The van der Waals surface area contributed by atoms with Gasteiger partial charge in [0.1, 0.15) is 11.8 Å². The van der Waals surface area contributed by atoms with Crippen molar-refractivity contribution in [3.8, 4) is 23.1 Å². The fourth-order valence-electron chi connectivity index (χ4n) is 3.55. The Labute approximate surface area is 171 Å². The Hall–Kier alpha value is -3.46. The third kappa shape index (κ3) is 3.90. The number of ether oxygens (including phenoxy) is 1. The number of nitrogens with zero attached hydrogens (tertiary/aromatic N) is 2. The van der Waals surface area contributed by atoms with Gasteiger partial charge in [-0.3, -0.25) is 0 Å². The minimum atomic E-state index is -0.213.